The smallest absolute Gasteiger partial charge is 0.222 e. The molecule has 3 atom stereocenters. The standard InChI is InChI=1S/C12H24N2O4/c1-3-17-10(7-13)6-11(15)14-8-12(16)4-5-18-9(12)2/h9-10,16H,3-8,13H2,1-2H3,(H,14,15). The number of carbonyl (C=O) groups excluding carboxylic acids is 1. The number of hydrogen-bond donors (Lipinski definition) is 3. The number of aliphatic hydroxyl groups is 1. The number of ether oxygens (including phenoxy) is 2. The average molecular weight is 260 g/mol. The Kier molecular flexibility index (Phi) is 6.01. The maximum atomic E-state index is 11.7. The SMILES string of the molecule is CCOC(CN)CC(=O)NCC1(O)CCOC1C. The molecule has 0 aromatic carbocycles. The zero-order valence-corrected chi connectivity index (χ0v) is 11.1. The molecule has 1 rings (SSSR count). The van der Waals surface area contributed by atoms with E-state index in [1.54, 1.807) is 0 Å². The molecule has 0 radical (unpaired) electrons. The van der Waals surface area contributed by atoms with Crippen molar-refractivity contribution in [3.63, 3.8) is 0 Å². The van der Waals surface area contributed by atoms with E-state index in [2.05, 4.69) is 5.32 Å². The van der Waals surface area contributed by atoms with Crippen molar-refractivity contribution in [1.82, 2.24) is 5.32 Å². The largest absolute Gasteiger partial charge is 0.385 e. The van der Waals surface area contributed by atoms with Crippen molar-refractivity contribution in [2.45, 2.75) is 44.5 Å². The number of nitrogens with two attached hydrogens (primary N) is 1. The second-order valence-electron chi connectivity index (χ2n) is 4.66. The van der Waals surface area contributed by atoms with Gasteiger partial charge in [-0.15, -0.1) is 0 Å². The fourth-order valence-electron chi connectivity index (χ4n) is 1.98. The summed E-state index contributed by atoms with van der Waals surface area (Å²) in [5.41, 5.74) is 4.54. The Morgan fingerprint density at radius 2 is 2.44 bits per heavy atom. The van der Waals surface area contributed by atoms with Gasteiger partial charge >= 0.3 is 0 Å². The summed E-state index contributed by atoms with van der Waals surface area (Å²) >= 11 is 0. The first-order valence-corrected chi connectivity index (χ1v) is 6.44. The van der Waals surface area contributed by atoms with Crippen LogP contribution in [-0.4, -0.2) is 55.1 Å². The molecule has 1 amide bonds. The molecule has 0 bridgehead atoms. The predicted octanol–water partition coefficient (Wildman–Crippen LogP) is -0.604. The summed E-state index contributed by atoms with van der Waals surface area (Å²) in [5.74, 6) is -0.161. The Morgan fingerprint density at radius 3 is 2.94 bits per heavy atom. The van der Waals surface area contributed by atoms with E-state index in [0.29, 0.717) is 26.2 Å². The molecule has 1 aliphatic heterocycles. The van der Waals surface area contributed by atoms with E-state index in [1.807, 2.05) is 13.8 Å². The molecule has 0 saturated carbocycles. The van der Waals surface area contributed by atoms with E-state index in [9.17, 15) is 9.90 Å². The highest BCUT2D eigenvalue weighted by molar-refractivity contribution is 5.76. The number of nitrogens with one attached hydrogen (secondary N) is 1. The van der Waals surface area contributed by atoms with Gasteiger partial charge < -0.3 is 25.6 Å². The topological polar surface area (TPSA) is 93.8 Å². The van der Waals surface area contributed by atoms with Crippen molar-refractivity contribution in [3.05, 3.63) is 0 Å². The maximum absolute atomic E-state index is 11.7. The van der Waals surface area contributed by atoms with Crippen LogP contribution >= 0.6 is 0 Å². The van der Waals surface area contributed by atoms with E-state index in [1.165, 1.54) is 0 Å². The van der Waals surface area contributed by atoms with Gasteiger partial charge in [0.15, 0.2) is 0 Å². The first-order chi connectivity index (χ1) is 8.51. The third kappa shape index (κ3) is 4.20. The van der Waals surface area contributed by atoms with Crippen LogP contribution in [0.1, 0.15) is 26.7 Å². The van der Waals surface area contributed by atoms with Crippen LogP contribution in [0, 0.1) is 0 Å². The van der Waals surface area contributed by atoms with Crippen molar-refractivity contribution in [3.8, 4) is 0 Å². The number of carbonyl (C=O) groups is 1. The van der Waals surface area contributed by atoms with Crippen molar-refractivity contribution < 1.29 is 19.4 Å². The molecule has 1 heterocycles. The molecule has 18 heavy (non-hydrogen) atoms. The molecule has 1 saturated heterocycles. The van der Waals surface area contributed by atoms with Crippen LogP contribution < -0.4 is 11.1 Å². The lowest BCUT2D eigenvalue weighted by Gasteiger charge is -2.26. The molecule has 6 heteroatoms. The van der Waals surface area contributed by atoms with Crippen molar-refractivity contribution in [1.29, 1.82) is 0 Å². The van der Waals surface area contributed by atoms with Crippen LogP contribution in [0.25, 0.3) is 0 Å². The summed E-state index contributed by atoms with van der Waals surface area (Å²) in [5, 5.41) is 12.9. The van der Waals surface area contributed by atoms with Crippen LogP contribution in [-0.2, 0) is 14.3 Å². The fraction of sp³-hybridized carbons (Fsp3) is 0.917. The third-order valence-electron chi connectivity index (χ3n) is 3.33. The van der Waals surface area contributed by atoms with Crippen LogP contribution in [0.5, 0.6) is 0 Å². The zero-order valence-electron chi connectivity index (χ0n) is 11.1. The van der Waals surface area contributed by atoms with Gasteiger partial charge in [0.05, 0.1) is 18.6 Å². The van der Waals surface area contributed by atoms with E-state index in [-0.39, 0.29) is 31.1 Å². The van der Waals surface area contributed by atoms with Crippen LogP contribution in [0.2, 0.25) is 0 Å². The van der Waals surface area contributed by atoms with Gasteiger partial charge in [-0.05, 0) is 13.8 Å². The zero-order chi connectivity index (χ0) is 13.6. The first-order valence-electron chi connectivity index (χ1n) is 6.44. The van der Waals surface area contributed by atoms with Crippen molar-refractivity contribution >= 4 is 5.91 Å². The summed E-state index contributed by atoms with van der Waals surface area (Å²) in [7, 11) is 0. The number of amides is 1. The highest BCUT2D eigenvalue weighted by atomic mass is 16.5. The quantitative estimate of drug-likeness (QED) is 0.568. The molecule has 0 spiro atoms. The minimum atomic E-state index is -0.959. The van der Waals surface area contributed by atoms with Gasteiger partial charge in [-0.1, -0.05) is 0 Å². The summed E-state index contributed by atoms with van der Waals surface area (Å²) in [4.78, 5) is 11.7. The minimum absolute atomic E-state index is 0.161. The average Bonchev–Trinajstić information content (AvgIpc) is 2.67. The third-order valence-corrected chi connectivity index (χ3v) is 3.33. The molecule has 0 aliphatic carbocycles. The lowest BCUT2D eigenvalue weighted by atomic mass is 9.96. The summed E-state index contributed by atoms with van der Waals surface area (Å²) < 4.78 is 10.6. The van der Waals surface area contributed by atoms with E-state index >= 15 is 0 Å². The highest BCUT2D eigenvalue weighted by Gasteiger charge is 2.39. The van der Waals surface area contributed by atoms with Gasteiger partial charge in [0, 0.05) is 32.7 Å². The monoisotopic (exact) mass is 260 g/mol. The summed E-state index contributed by atoms with van der Waals surface area (Å²) in [6, 6.07) is 0. The van der Waals surface area contributed by atoms with Gasteiger partial charge in [0.25, 0.3) is 0 Å². The van der Waals surface area contributed by atoms with Crippen LogP contribution in [0.4, 0.5) is 0 Å². The Bertz CT molecular complexity index is 275. The van der Waals surface area contributed by atoms with Gasteiger partial charge in [0.1, 0.15) is 5.60 Å². The number of rotatable bonds is 7. The Hall–Kier alpha value is -0.690. The molecule has 4 N–H and O–H groups in total. The Morgan fingerprint density at radius 1 is 1.72 bits per heavy atom. The van der Waals surface area contributed by atoms with Crippen molar-refractivity contribution in [2.75, 3.05) is 26.3 Å². The Labute approximate surface area is 108 Å². The summed E-state index contributed by atoms with van der Waals surface area (Å²) in [6.45, 7) is 5.24. The fourth-order valence-corrected chi connectivity index (χ4v) is 1.98. The maximum Gasteiger partial charge on any atom is 0.222 e. The molecule has 6 nitrogen and oxygen atoms in total. The van der Waals surface area contributed by atoms with Crippen LogP contribution in [0.15, 0.2) is 0 Å². The lowest BCUT2D eigenvalue weighted by molar-refractivity contribution is -0.125. The van der Waals surface area contributed by atoms with Crippen LogP contribution in [0.3, 0.4) is 0 Å². The predicted molar refractivity (Wildman–Crippen MR) is 67.1 cm³/mol. The van der Waals surface area contributed by atoms with Gasteiger partial charge in [-0.3, -0.25) is 4.79 Å². The molecule has 0 aromatic heterocycles. The number of hydrogen-bond acceptors (Lipinski definition) is 5. The second kappa shape index (κ2) is 7.04. The van der Waals surface area contributed by atoms with Crippen molar-refractivity contribution in [2.24, 2.45) is 5.73 Å². The van der Waals surface area contributed by atoms with Gasteiger partial charge in [-0.25, -0.2) is 0 Å². The highest BCUT2D eigenvalue weighted by Crippen LogP contribution is 2.24. The second-order valence-corrected chi connectivity index (χ2v) is 4.66. The minimum Gasteiger partial charge on any atom is -0.385 e. The molecular formula is C12H24N2O4. The normalized spacial score (nSPS) is 29.2. The molecule has 3 unspecified atom stereocenters. The molecule has 0 aromatic rings. The summed E-state index contributed by atoms with van der Waals surface area (Å²) in [6.07, 6.45) is 0.243. The van der Waals surface area contributed by atoms with Gasteiger partial charge in [-0.2, -0.15) is 0 Å². The molecular weight excluding hydrogens is 236 g/mol. The molecule has 1 fully saturated rings. The van der Waals surface area contributed by atoms with Gasteiger partial charge in [0.2, 0.25) is 5.91 Å². The first kappa shape index (κ1) is 15.4. The van der Waals surface area contributed by atoms with E-state index < -0.39 is 5.60 Å². The molecule has 106 valence electrons. The lowest BCUT2D eigenvalue weighted by Crippen LogP contribution is -2.48. The Balaban J connectivity index is 2.32. The van der Waals surface area contributed by atoms with E-state index in [0.717, 1.165) is 0 Å². The molecule has 1 aliphatic rings. The van der Waals surface area contributed by atoms with E-state index in [4.69, 9.17) is 15.2 Å².